The van der Waals surface area contributed by atoms with Crippen LogP contribution in [0, 0.1) is 6.92 Å². The fourth-order valence-corrected chi connectivity index (χ4v) is 1.97. The first kappa shape index (κ1) is 15.8. The predicted molar refractivity (Wildman–Crippen MR) is 82.3 cm³/mol. The summed E-state index contributed by atoms with van der Waals surface area (Å²) >= 11 is 0. The molecule has 2 aromatic rings. The molecule has 0 atom stereocenters. The van der Waals surface area contributed by atoms with Gasteiger partial charge in [0.05, 0.1) is 12.8 Å². The van der Waals surface area contributed by atoms with Gasteiger partial charge in [-0.2, -0.15) is 5.10 Å². The normalized spacial score (nSPS) is 11.1. The molecule has 0 unspecified atom stereocenters. The van der Waals surface area contributed by atoms with Crippen LogP contribution in [0.3, 0.4) is 0 Å². The SMILES string of the molecule is COC(=O)C(C)(C)NC(=O)c1cc(-c2ccc(C)cc2)n[nH]1. The van der Waals surface area contributed by atoms with E-state index in [1.54, 1.807) is 19.9 Å². The second-order valence-electron chi connectivity index (χ2n) is 5.60. The van der Waals surface area contributed by atoms with E-state index in [2.05, 4.69) is 20.3 Å². The number of rotatable bonds is 4. The third-order valence-corrected chi connectivity index (χ3v) is 3.29. The third kappa shape index (κ3) is 3.33. The van der Waals surface area contributed by atoms with Gasteiger partial charge in [-0.25, -0.2) is 4.79 Å². The second-order valence-corrected chi connectivity index (χ2v) is 5.60. The van der Waals surface area contributed by atoms with Crippen molar-refractivity contribution in [1.82, 2.24) is 15.5 Å². The summed E-state index contributed by atoms with van der Waals surface area (Å²) in [6.07, 6.45) is 0. The molecule has 0 saturated carbocycles. The molecule has 0 spiro atoms. The first-order valence-electron chi connectivity index (χ1n) is 6.87. The van der Waals surface area contributed by atoms with E-state index < -0.39 is 17.4 Å². The number of aryl methyl sites for hydroxylation is 1. The number of amides is 1. The van der Waals surface area contributed by atoms with Gasteiger partial charge in [-0.3, -0.25) is 9.89 Å². The van der Waals surface area contributed by atoms with Crippen molar-refractivity contribution in [3.63, 3.8) is 0 Å². The molecule has 116 valence electrons. The highest BCUT2D eigenvalue weighted by molar-refractivity contribution is 5.97. The molecular weight excluding hydrogens is 282 g/mol. The summed E-state index contributed by atoms with van der Waals surface area (Å²) in [5, 5.41) is 9.43. The van der Waals surface area contributed by atoms with E-state index in [0.29, 0.717) is 5.69 Å². The zero-order valence-corrected chi connectivity index (χ0v) is 13.1. The van der Waals surface area contributed by atoms with E-state index in [1.807, 2.05) is 31.2 Å². The third-order valence-electron chi connectivity index (χ3n) is 3.29. The van der Waals surface area contributed by atoms with Crippen LogP contribution in [0.2, 0.25) is 0 Å². The number of nitrogens with one attached hydrogen (secondary N) is 2. The van der Waals surface area contributed by atoms with Crippen molar-refractivity contribution < 1.29 is 14.3 Å². The summed E-state index contributed by atoms with van der Waals surface area (Å²) in [5.74, 6) is -0.930. The Morgan fingerprint density at radius 1 is 1.23 bits per heavy atom. The molecule has 1 aromatic heterocycles. The molecule has 1 amide bonds. The summed E-state index contributed by atoms with van der Waals surface area (Å²) < 4.78 is 4.66. The molecule has 22 heavy (non-hydrogen) atoms. The van der Waals surface area contributed by atoms with Gasteiger partial charge in [0, 0.05) is 5.56 Å². The zero-order chi connectivity index (χ0) is 16.3. The maximum atomic E-state index is 12.2. The minimum atomic E-state index is -1.11. The molecule has 1 heterocycles. The van der Waals surface area contributed by atoms with Gasteiger partial charge in [-0.1, -0.05) is 29.8 Å². The summed E-state index contributed by atoms with van der Waals surface area (Å²) in [6.45, 7) is 5.16. The van der Waals surface area contributed by atoms with Crippen molar-refractivity contribution in [2.24, 2.45) is 0 Å². The number of carbonyl (C=O) groups is 2. The van der Waals surface area contributed by atoms with Crippen molar-refractivity contribution in [2.75, 3.05) is 7.11 Å². The fourth-order valence-electron chi connectivity index (χ4n) is 1.97. The lowest BCUT2D eigenvalue weighted by Gasteiger charge is -2.22. The maximum absolute atomic E-state index is 12.2. The minimum Gasteiger partial charge on any atom is -0.467 e. The Hall–Kier alpha value is -2.63. The molecule has 0 fully saturated rings. The maximum Gasteiger partial charge on any atom is 0.330 e. The van der Waals surface area contributed by atoms with Crippen LogP contribution in [0.15, 0.2) is 30.3 Å². The molecular formula is C16H19N3O3. The molecule has 0 aliphatic rings. The van der Waals surface area contributed by atoms with Gasteiger partial charge in [-0.15, -0.1) is 0 Å². The molecule has 1 aromatic carbocycles. The molecule has 2 rings (SSSR count). The van der Waals surface area contributed by atoms with Gasteiger partial charge in [0.25, 0.3) is 5.91 Å². The Bertz CT molecular complexity index is 687. The number of ether oxygens (including phenoxy) is 1. The summed E-state index contributed by atoms with van der Waals surface area (Å²) in [6, 6.07) is 9.47. The molecule has 6 heteroatoms. The topological polar surface area (TPSA) is 84.1 Å². The number of aromatic amines is 1. The second kappa shape index (κ2) is 6.01. The Morgan fingerprint density at radius 2 is 1.86 bits per heavy atom. The molecule has 6 nitrogen and oxygen atoms in total. The van der Waals surface area contributed by atoms with Gasteiger partial charge >= 0.3 is 5.97 Å². The Kier molecular flexibility index (Phi) is 4.30. The first-order chi connectivity index (χ1) is 10.3. The first-order valence-corrected chi connectivity index (χ1v) is 6.87. The van der Waals surface area contributed by atoms with Crippen LogP contribution in [0.4, 0.5) is 0 Å². The lowest BCUT2D eigenvalue weighted by molar-refractivity contribution is -0.146. The van der Waals surface area contributed by atoms with Gasteiger partial charge in [0.2, 0.25) is 0 Å². The Balaban J connectivity index is 2.16. The molecule has 0 aliphatic carbocycles. The number of hydrogen-bond acceptors (Lipinski definition) is 4. The number of esters is 1. The van der Waals surface area contributed by atoms with Gasteiger partial charge in [0.15, 0.2) is 0 Å². The lowest BCUT2D eigenvalue weighted by Crippen LogP contribution is -2.50. The largest absolute Gasteiger partial charge is 0.467 e. The lowest BCUT2D eigenvalue weighted by atomic mass is 10.1. The van der Waals surface area contributed by atoms with E-state index in [1.165, 1.54) is 7.11 Å². The number of nitrogens with zero attached hydrogens (tertiary/aromatic N) is 1. The van der Waals surface area contributed by atoms with Crippen LogP contribution >= 0.6 is 0 Å². The Morgan fingerprint density at radius 3 is 2.45 bits per heavy atom. The van der Waals surface area contributed by atoms with E-state index in [-0.39, 0.29) is 5.69 Å². The number of benzene rings is 1. The van der Waals surface area contributed by atoms with E-state index in [0.717, 1.165) is 11.1 Å². The van der Waals surface area contributed by atoms with Crippen molar-refractivity contribution in [3.05, 3.63) is 41.6 Å². The van der Waals surface area contributed by atoms with Crippen LogP contribution < -0.4 is 5.32 Å². The van der Waals surface area contributed by atoms with Crippen molar-refractivity contribution >= 4 is 11.9 Å². The van der Waals surface area contributed by atoms with E-state index in [9.17, 15) is 9.59 Å². The number of H-pyrrole nitrogens is 1. The number of hydrogen-bond donors (Lipinski definition) is 2. The number of methoxy groups -OCH3 is 1. The van der Waals surface area contributed by atoms with E-state index >= 15 is 0 Å². The van der Waals surface area contributed by atoms with Crippen LogP contribution in [0.5, 0.6) is 0 Å². The van der Waals surface area contributed by atoms with Crippen molar-refractivity contribution in [3.8, 4) is 11.3 Å². The Labute approximate surface area is 128 Å². The predicted octanol–water partition coefficient (Wildman–Crippen LogP) is 2.07. The molecule has 0 bridgehead atoms. The average molecular weight is 301 g/mol. The summed E-state index contributed by atoms with van der Waals surface area (Å²) in [7, 11) is 1.28. The number of aromatic nitrogens is 2. The van der Waals surface area contributed by atoms with Crippen LogP contribution in [-0.4, -0.2) is 34.7 Å². The summed E-state index contributed by atoms with van der Waals surface area (Å²) in [4.78, 5) is 23.8. The monoisotopic (exact) mass is 301 g/mol. The van der Waals surface area contributed by atoms with Gasteiger partial charge in [0.1, 0.15) is 11.2 Å². The molecule has 0 radical (unpaired) electrons. The average Bonchev–Trinajstić information content (AvgIpc) is 2.96. The van der Waals surface area contributed by atoms with Crippen LogP contribution in [0.1, 0.15) is 29.9 Å². The molecule has 0 aliphatic heterocycles. The minimum absolute atomic E-state index is 0.285. The van der Waals surface area contributed by atoms with E-state index in [4.69, 9.17) is 0 Å². The number of carbonyl (C=O) groups excluding carboxylic acids is 2. The smallest absolute Gasteiger partial charge is 0.330 e. The van der Waals surface area contributed by atoms with Crippen molar-refractivity contribution in [1.29, 1.82) is 0 Å². The standard InChI is InChI=1S/C16H19N3O3/c1-10-5-7-11(8-6-10)12-9-13(19-18-12)14(20)17-16(2,3)15(21)22-4/h5-9H,1-4H3,(H,17,20)(H,18,19). The fraction of sp³-hybridized carbons (Fsp3) is 0.312. The van der Waals surface area contributed by atoms with Crippen LogP contribution in [0.25, 0.3) is 11.3 Å². The zero-order valence-electron chi connectivity index (χ0n) is 13.1. The summed E-state index contributed by atoms with van der Waals surface area (Å²) in [5.41, 5.74) is 1.90. The van der Waals surface area contributed by atoms with Crippen molar-refractivity contribution in [2.45, 2.75) is 26.3 Å². The highest BCUT2D eigenvalue weighted by Crippen LogP contribution is 2.18. The van der Waals surface area contributed by atoms with Gasteiger partial charge in [-0.05, 0) is 26.8 Å². The molecule has 2 N–H and O–H groups in total. The van der Waals surface area contributed by atoms with Crippen LogP contribution in [-0.2, 0) is 9.53 Å². The highest BCUT2D eigenvalue weighted by Gasteiger charge is 2.31. The quantitative estimate of drug-likeness (QED) is 0.847. The molecule has 0 saturated heterocycles. The van der Waals surface area contributed by atoms with Gasteiger partial charge < -0.3 is 10.1 Å². The highest BCUT2D eigenvalue weighted by atomic mass is 16.5.